The Hall–Kier alpha value is -1.58. The molecule has 0 fully saturated rings. The van der Waals surface area contributed by atoms with Crippen LogP contribution in [-0.2, 0) is 5.41 Å². The van der Waals surface area contributed by atoms with E-state index in [1.165, 1.54) is 0 Å². The number of hydrogen-bond donors (Lipinski definition) is 1. The van der Waals surface area contributed by atoms with Crippen LogP contribution in [0.1, 0.15) is 26.6 Å². The van der Waals surface area contributed by atoms with Gasteiger partial charge in [-0.05, 0) is 12.1 Å². The normalized spacial score (nSPS) is 12.2. The molecule has 2 aromatic rings. The molecule has 0 saturated carbocycles. The van der Waals surface area contributed by atoms with Crippen molar-refractivity contribution in [3.8, 4) is 5.75 Å². The highest BCUT2D eigenvalue weighted by Gasteiger charge is 2.20. The van der Waals surface area contributed by atoms with Gasteiger partial charge in [-0.1, -0.05) is 20.8 Å². The van der Waals surface area contributed by atoms with Crippen LogP contribution in [-0.4, -0.2) is 19.7 Å². The van der Waals surface area contributed by atoms with E-state index in [-0.39, 0.29) is 11.2 Å². The smallest absolute Gasteiger partial charge is 0.197 e. The van der Waals surface area contributed by atoms with Crippen LogP contribution in [0.3, 0.4) is 0 Å². The minimum atomic E-state index is -0.0987. The lowest BCUT2D eigenvalue weighted by atomic mass is 9.96. The number of rotatable bonds is 0. The van der Waals surface area contributed by atoms with Crippen LogP contribution in [0.5, 0.6) is 5.75 Å². The molecule has 4 nitrogen and oxygen atoms in total. The molecule has 2 aromatic heterocycles. The van der Waals surface area contributed by atoms with E-state index in [4.69, 9.17) is 0 Å². The largest absolute Gasteiger partial charge is 0.504 e. The summed E-state index contributed by atoms with van der Waals surface area (Å²) < 4.78 is 1.59. The lowest BCUT2D eigenvalue weighted by Crippen LogP contribution is -2.13. The lowest BCUT2D eigenvalue weighted by molar-refractivity contribution is 0.477. The third-order valence-corrected chi connectivity index (χ3v) is 2.01. The predicted molar refractivity (Wildman–Crippen MR) is 53.4 cm³/mol. The van der Waals surface area contributed by atoms with Crippen molar-refractivity contribution in [1.29, 1.82) is 0 Å². The Balaban J connectivity index is 2.69. The summed E-state index contributed by atoms with van der Waals surface area (Å²) in [6, 6.07) is 3.35. The van der Waals surface area contributed by atoms with Gasteiger partial charge in [0.1, 0.15) is 0 Å². The Morgan fingerprint density at radius 1 is 1.36 bits per heavy atom. The second kappa shape index (κ2) is 2.70. The van der Waals surface area contributed by atoms with E-state index in [0.717, 1.165) is 5.82 Å². The summed E-state index contributed by atoms with van der Waals surface area (Å²) in [5.41, 5.74) is 0.413. The molecule has 4 heteroatoms. The van der Waals surface area contributed by atoms with Gasteiger partial charge in [-0.2, -0.15) is 5.10 Å². The predicted octanol–water partition coefficient (Wildman–Crippen LogP) is 1.73. The summed E-state index contributed by atoms with van der Waals surface area (Å²) in [6.07, 6.45) is 1.78. The fraction of sp³-hybridized carbons (Fsp3) is 0.400. The first kappa shape index (κ1) is 8.99. The molecule has 0 atom stereocenters. The topological polar surface area (TPSA) is 50.4 Å². The van der Waals surface area contributed by atoms with Gasteiger partial charge in [0, 0.05) is 11.6 Å². The van der Waals surface area contributed by atoms with E-state index < -0.39 is 0 Å². The minimum absolute atomic E-state index is 0.0987. The van der Waals surface area contributed by atoms with Crippen molar-refractivity contribution in [2.75, 3.05) is 0 Å². The fourth-order valence-corrected chi connectivity index (χ4v) is 1.21. The van der Waals surface area contributed by atoms with Crippen molar-refractivity contribution < 1.29 is 5.11 Å². The Bertz CT molecular complexity index is 468. The van der Waals surface area contributed by atoms with Crippen molar-refractivity contribution >= 4 is 5.65 Å². The maximum Gasteiger partial charge on any atom is 0.197 e. The highest BCUT2D eigenvalue weighted by molar-refractivity contribution is 5.51. The zero-order chi connectivity index (χ0) is 10.3. The zero-order valence-electron chi connectivity index (χ0n) is 8.52. The van der Waals surface area contributed by atoms with Crippen LogP contribution >= 0.6 is 0 Å². The Labute approximate surface area is 82.2 Å². The first-order valence-corrected chi connectivity index (χ1v) is 4.53. The standard InChI is InChI=1S/C10H13N3O/c1-10(2,3)9-11-8-7(14)5-4-6-13(8)12-9/h4-6,14H,1-3H3. The van der Waals surface area contributed by atoms with Gasteiger partial charge in [-0.15, -0.1) is 0 Å². The molecule has 0 radical (unpaired) electrons. The Morgan fingerprint density at radius 3 is 2.64 bits per heavy atom. The molecule has 0 saturated heterocycles. The van der Waals surface area contributed by atoms with Crippen LogP contribution in [0.25, 0.3) is 5.65 Å². The number of aromatic hydroxyl groups is 1. The first-order chi connectivity index (χ1) is 6.48. The highest BCUT2D eigenvalue weighted by Crippen LogP contribution is 2.22. The molecular formula is C10H13N3O. The maximum absolute atomic E-state index is 9.53. The summed E-state index contributed by atoms with van der Waals surface area (Å²) in [7, 11) is 0. The molecule has 0 spiro atoms. The summed E-state index contributed by atoms with van der Waals surface area (Å²) >= 11 is 0. The molecule has 0 aliphatic carbocycles. The summed E-state index contributed by atoms with van der Waals surface area (Å²) in [5.74, 6) is 0.898. The van der Waals surface area contributed by atoms with Crippen LogP contribution in [0.2, 0.25) is 0 Å². The average Bonchev–Trinajstić information content (AvgIpc) is 2.48. The molecule has 0 aromatic carbocycles. The van der Waals surface area contributed by atoms with E-state index in [9.17, 15) is 5.11 Å². The van der Waals surface area contributed by atoms with Crippen molar-refractivity contribution in [2.24, 2.45) is 0 Å². The number of hydrogen-bond acceptors (Lipinski definition) is 3. The highest BCUT2D eigenvalue weighted by atomic mass is 16.3. The molecule has 0 unspecified atom stereocenters. The molecule has 0 aliphatic heterocycles. The molecule has 0 aliphatic rings. The number of nitrogens with zero attached hydrogens (tertiary/aromatic N) is 3. The fourth-order valence-electron chi connectivity index (χ4n) is 1.21. The van der Waals surface area contributed by atoms with E-state index in [0.29, 0.717) is 5.65 Å². The third-order valence-electron chi connectivity index (χ3n) is 2.01. The van der Waals surface area contributed by atoms with Crippen LogP contribution in [0.4, 0.5) is 0 Å². The van der Waals surface area contributed by atoms with Crippen molar-refractivity contribution in [2.45, 2.75) is 26.2 Å². The van der Waals surface area contributed by atoms with Crippen LogP contribution in [0.15, 0.2) is 18.3 Å². The van der Waals surface area contributed by atoms with Gasteiger partial charge < -0.3 is 5.11 Å². The lowest BCUT2D eigenvalue weighted by Gasteiger charge is -2.11. The Kier molecular flexibility index (Phi) is 1.74. The SMILES string of the molecule is CC(C)(C)c1nc2c(O)cccn2n1. The second-order valence-electron chi connectivity index (χ2n) is 4.35. The maximum atomic E-state index is 9.53. The van der Waals surface area contributed by atoms with E-state index in [2.05, 4.69) is 10.1 Å². The molecule has 0 amide bonds. The minimum Gasteiger partial charge on any atom is -0.504 e. The van der Waals surface area contributed by atoms with Crippen LogP contribution in [0, 0.1) is 0 Å². The number of pyridine rings is 1. The summed E-state index contributed by atoms with van der Waals surface area (Å²) in [5, 5.41) is 13.8. The van der Waals surface area contributed by atoms with E-state index >= 15 is 0 Å². The number of fused-ring (bicyclic) bond motifs is 1. The monoisotopic (exact) mass is 191 g/mol. The van der Waals surface area contributed by atoms with Gasteiger partial charge in [0.15, 0.2) is 17.2 Å². The molecule has 0 bridgehead atoms. The molecule has 1 N–H and O–H groups in total. The van der Waals surface area contributed by atoms with Crippen molar-refractivity contribution in [3.05, 3.63) is 24.2 Å². The molecule has 2 heterocycles. The van der Waals surface area contributed by atoms with Crippen molar-refractivity contribution in [3.63, 3.8) is 0 Å². The van der Waals surface area contributed by atoms with E-state index in [1.54, 1.807) is 22.8 Å². The first-order valence-electron chi connectivity index (χ1n) is 4.53. The van der Waals surface area contributed by atoms with Gasteiger partial charge in [0.05, 0.1) is 0 Å². The molecule has 2 rings (SSSR count). The van der Waals surface area contributed by atoms with Gasteiger partial charge in [-0.3, -0.25) is 0 Å². The summed E-state index contributed by atoms with van der Waals surface area (Å²) in [4.78, 5) is 4.29. The van der Waals surface area contributed by atoms with Gasteiger partial charge in [0.25, 0.3) is 0 Å². The van der Waals surface area contributed by atoms with Gasteiger partial charge in [-0.25, -0.2) is 9.50 Å². The van der Waals surface area contributed by atoms with Gasteiger partial charge in [0.2, 0.25) is 0 Å². The summed E-state index contributed by atoms with van der Waals surface area (Å²) in [6.45, 7) is 6.12. The van der Waals surface area contributed by atoms with Crippen LogP contribution < -0.4 is 0 Å². The molecule has 74 valence electrons. The molecular weight excluding hydrogens is 178 g/mol. The number of aromatic nitrogens is 3. The Morgan fingerprint density at radius 2 is 2.07 bits per heavy atom. The molecule has 14 heavy (non-hydrogen) atoms. The average molecular weight is 191 g/mol. The third kappa shape index (κ3) is 1.32. The van der Waals surface area contributed by atoms with E-state index in [1.807, 2.05) is 20.8 Å². The van der Waals surface area contributed by atoms with Gasteiger partial charge >= 0.3 is 0 Å². The zero-order valence-corrected chi connectivity index (χ0v) is 8.52. The van der Waals surface area contributed by atoms with Crippen molar-refractivity contribution in [1.82, 2.24) is 14.6 Å². The quantitative estimate of drug-likeness (QED) is 0.690. The second-order valence-corrected chi connectivity index (χ2v) is 4.35.